The number of carboxylic acid groups (broad SMARTS) is 1. The Morgan fingerprint density at radius 3 is 2.90 bits per heavy atom. The molecule has 0 radical (unpaired) electrons. The third kappa shape index (κ3) is 3.62. The number of hydrogen-bond acceptors (Lipinski definition) is 6. The molecule has 0 amide bonds. The van der Waals surface area contributed by atoms with Crippen LogP contribution in [0.15, 0.2) is 12.1 Å². The van der Waals surface area contributed by atoms with E-state index in [2.05, 4.69) is 21.6 Å². The van der Waals surface area contributed by atoms with Crippen molar-refractivity contribution in [3.8, 4) is 5.75 Å². The van der Waals surface area contributed by atoms with Gasteiger partial charge in [-0.3, -0.25) is 0 Å². The number of rotatable bonds is 6. The summed E-state index contributed by atoms with van der Waals surface area (Å²) >= 11 is 7.32. The van der Waals surface area contributed by atoms with Crippen LogP contribution >= 0.6 is 23.1 Å². The molecule has 0 aliphatic rings. The molecule has 2 rings (SSSR count). The van der Waals surface area contributed by atoms with Gasteiger partial charge in [-0.2, -0.15) is 4.37 Å². The molecule has 0 unspecified atom stereocenters. The molecular weight excluding hydrogens is 314 g/mol. The lowest BCUT2D eigenvalue weighted by Crippen LogP contribution is -2.02. The Morgan fingerprint density at radius 2 is 2.29 bits per heavy atom. The lowest BCUT2D eigenvalue weighted by atomic mass is 10.2. The molecule has 0 saturated heterocycles. The van der Waals surface area contributed by atoms with Crippen molar-refractivity contribution in [2.24, 2.45) is 0 Å². The zero-order valence-electron chi connectivity index (χ0n) is 11.5. The van der Waals surface area contributed by atoms with Gasteiger partial charge in [0.15, 0.2) is 0 Å². The summed E-state index contributed by atoms with van der Waals surface area (Å²) in [4.78, 5) is 15.4. The van der Waals surface area contributed by atoms with Crippen molar-refractivity contribution in [2.75, 3.05) is 12.4 Å². The number of hydrogen-bond donors (Lipinski definition) is 2. The normalized spacial score (nSPS) is 10.4. The van der Waals surface area contributed by atoms with E-state index >= 15 is 0 Å². The van der Waals surface area contributed by atoms with Crippen LogP contribution in [0, 0.1) is 0 Å². The molecule has 0 fully saturated rings. The summed E-state index contributed by atoms with van der Waals surface area (Å²) in [7, 11) is 1.41. The Balaban J connectivity index is 2.28. The average molecular weight is 328 g/mol. The number of aryl methyl sites for hydroxylation is 1. The van der Waals surface area contributed by atoms with Crippen molar-refractivity contribution in [3.05, 3.63) is 28.5 Å². The predicted octanol–water partition coefficient (Wildman–Crippen LogP) is 3.59. The summed E-state index contributed by atoms with van der Waals surface area (Å²) in [6.07, 6.45) is 1.78. The molecule has 0 saturated carbocycles. The fourth-order valence-electron chi connectivity index (χ4n) is 1.73. The molecule has 112 valence electrons. The number of carboxylic acids is 1. The molecule has 0 aliphatic carbocycles. The number of nitrogens with zero attached hydrogens (tertiary/aromatic N) is 2. The minimum Gasteiger partial charge on any atom is -0.496 e. The SMILES string of the molecule is CCCc1nsc(Nc2cc(OC)c(C(=O)O)cc2Cl)n1. The van der Waals surface area contributed by atoms with Gasteiger partial charge in [-0.15, -0.1) is 0 Å². The van der Waals surface area contributed by atoms with E-state index < -0.39 is 5.97 Å². The topological polar surface area (TPSA) is 84.3 Å². The van der Waals surface area contributed by atoms with Crippen LogP contribution in [0.3, 0.4) is 0 Å². The molecule has 2 N–H and O–H groups in total. The first kappa shape index (κ1) is 15.5. The van der Waals surface area contributed by atoms with Gasteiger partial charge in [0.05, 0.1) is 17.8 Å². The third-order valence-corrected chi connectivity index (χ3v) is 3.68. The van der Waals surface area contributed by atoms with Gasteiger partial charge in [0.1, 0.15) is 17.1 Å². The highest BCUT2D eigenvalue weighted by atomic mass is 35.5. The minimum atomic E-state index is -1.10. The second-order valence-electron chi connectivity index (χ2n) is 4.23. The second-order valence-corrected chi connectivity index (χ2v) is 5.39. The van der Waals surface area contributed by atoms with Gasteiger partial charge in [0, 0.05) is 24.0 Å². The van der Waals surface area contributed by atoms with Crippen molar-refractivity contribution in [1.82, 2.24) is 9.36 Å². The first-order valence-corrected chi connectivity index (χ1v) is 7.40. The highest BCUT2D eigenvalue weighted by Gasteiger charge is 2.16. The summed E-state index contributed by atoms with van der Waals surface area (Å²) in [6, 6.07) is 2.88. The number of aromatic nitrogens is 2. The highest BCUT2D eigenvalue weighted by molar-refractivity contribution is 7.09. The van der Waals surface area contributed by atoms with Crippen LogP contribution in [0.25, 0.3) is 0 Å². The van der Waals surface area contributed by atoms with Gasteiger partial charge in [-0.25, -0.2) is 9.78 Å². The maximum absolute atomic E-state index is 11.1. The number of ether oxygens (including phenoxy) is 1. The van der Waals surface area contributed by atoms with E-state index in [1.54, 1.807) is 0 Å². The molecule has 1 aromatic heterocycles. The lowest BCUT2D eigenvalue weighted by Gasteiger charge is -2.10. The lowest BCUT2D eigenvalue weighted by molar-refractivity contribution is 0.0693. The third-order valence-electron chi connectivity index (χ3n) is 2.70. The average Bonchev–Trinajstić information content (AvgIpc) is 2.88. The molecule has 1 aromatic carbocycles. The first-order chi connectivity index (χ1) is 10.0. The van der Waals surface area contributed by atoms with Gasteiger partial charge in [0.2, 0.25) is 5.13 Å². The van der Waals surface area contributed by atoms with Crippen LogP contribution in [-0.2, 0) is 6.42 Å². The number of anilines is 2. The Kier molecular flexibility index (Phi) is 4.98. The molecule has 0 atom stereocenters. The number of halogens is 1. The number of methoxy groups -OCH3 is 1. The van der Waals surface area contributed by atoms with Crippen molar-refractivity contribution in [3.63, 3.8) is 0 Å². The maximum Gasteiger partial charge on any atom is 0.339 e. The van der Waals surface area contributed by atoms with Crippen LogP contribution in [-0.4, -0.2) is 27.5 Å². The molecule has 0 bridgehead atoms. The minimum absolute atomic E-state index is 0.0111. The molecule has 2 aromatic rings. The summed E-state index contributed by atoms with van der Waals surface area (Å²) in [5, 5.41) is 13.0. The van der Waals surface area contributed by atoms with E-state index in [1.807, 2.05) is 0 Å². The van der Waals surface area contributed by atoms with Gasteiger partial charge < -0.3 is 15.2 Å². The smallest absolute Gasteiger partial charge is 0.339 e. The molecule has 21 heavy (non-hydrogen) atoms. The molecule has 1 heterocycles. The molecule has 0 aliphatic heterocycles. The zero-order valence-corrected chi connectivity index (χ0v) is 13.1. The molecular formula is C13H14ClN3O3S. The summed E-state index contributed by atoms with van der Waals surface area (Å²) in [5.41, 5.74) is 0.537. The van der Waals surface area contributed by atoms with E-state index in [0.717, 1.165) is 18.7 Å². The Bertz CT molecular complexity index is 660. The van der Waals surface area contributed by atoms with Crippen LogP contribution in [0.4, 0.5) is 10.8 Å². The highest BCUT2D eigenvalue weighted by Crippen LogP contribution is 2.33. The number of benzene rings is 1. The van der Waals surface area contributed by atoms with Crippen LogP contribution in [0.5, 0.6) is 5.75 Å². The fourth-order valence-corrected chi connectivity index (χ4v) is 2.57. The van der Waals surface area contributed by atoms with Crippen molar-refractivity contribution < 1.29 is 14.6 Å². The van der Waals surface area contributed by atoms with E-state index in [1.165, 1.54) is 30.8 Å². The Labute approximate surface area is 130 Å². The van der Waals surface area contributed by atoms with Gasteiger partial charge in [-0.05, 0) is 12.5 Å². The monoisotopic (exact) mass is 327 g/mol. The van der Waals surface area contributed by atoms with E-state index in [4.69, 9.17) is 21.4 Å². The van der Waals surface area contributed by atoms with Gasteiger partial charge >= 0.3 is 5.97 Å². The number of aromatic carboxylic acids is 1. The number of nitrogens with one attached hydrogen (secondary N) is 1. The molecule has 6 nitrogen and oxygen atoms in total. The van der Waals surface area contributed by atoms with Crippen LogP contribution in [0.2, 0.25) is 5.02 Å². The first-order valence-electron chi connectivity index (χ1n) is 6.25. The second kappa shape index (κ2) is 6.73. The maximum atomic E-state index is 11.1. The van der Waals surface area contributed by atoms with Gasteiger partial charge in [0.25, 0.3) is 0 Å². The van der Waals surface area contributed by atoms with Crippen molar-refractivity contribution in [1.29, 1.82) is 0 Å². The Morgan fingerprint density at radius 1 is 1.52 bits per heavy atom. The molecule has 0 spiro atoms. The van der Waals surface area contributed by atoms with Crippen LogP contribution in [0.1, 0.15) is 29.5 Å². The van der Waals surface area contributed by atoms with Crippen LogP contribution < -0.4 is 10.1 Å². The summed E-state index contributed by atoms with van der Waals surface area (Å²) in [5.74, 6) is -0.0932. The van der Waals surface area contributed by atoms with Crippen molar-refractivity contribution >= 4 is 39.9 Å². The summed E-state index contributed by atoms with van der Waals surface area (Å²) in [6.45, 7) is 2.06. The van der Waals surface area contributed by atoms with Gasteiger partial charge in [-0.1, -0.05) is 18.5 Å². The quantitative estimate of drug-likeness (QED) is 0.843. The van der Waals surface area contributed by atoms with E-state index in [0.29, 0.717) is 10.8 Å². The predicted molar refractivity (Wildman–Crippen MR) is 82.2 cm³/mol. The van der Waals surface area contributed by atoms with E-state index in [-0.39, 0.29) is 16.3 Å². The largest absolute Gasteiger partial charge is 0.496 e. The fraction of sp³-hybridized carbons (Fsp3) is 0.308. The molecule has 8 heteroatoms. The number of carbonyl (C=O) groups is 1. The zero-order chi connectivity index (χ0) is 15.4. The summed E-state index contributed by atoms with van der Waals surface area (Å²) < 4.78 is 9.29. The van der Waals surface area contributed by atoms with Crippen molar-refractivity contribution in [2.45, 2.75) is 19.8 Å². The Hall–Kier alpha value is -1.86. The standard InChI is InChI=1S/C13H14ClN3O3S/c1-3-4-11-16-13(21-17-11)15-9-6-10(20-2)7(12(18)19)5-8(9)14/h5-6H,3-4H2,1-2H3,(H,18,19)(H,15,16,17). The van der Waals surface area contributed by atoms with E-state index in [9.17, 15) is 4.79 Å².